The molecule has 0 aromatic carbocycles. The molecule has 0 saturated heterocycles. The Morgan fingerprint density at radius 1 is 0.608 bits per heavy atom. The number of aliphatic hydroxyl groups excluding tert-OH is 3. The van der Waals surface area contributed by atoms with E-state index in [0.717, 1.165) is 44.9 Å². The molecule has 0 aliphatic rings. The van der Waals surface area contributed by atoms with E-state index in [1.54, 1.807) is 0 Å². The van der Waals surface area contributed by atoms with Crippen LogP contribution < -0.4 is 0 Å². The van der Waals surface area contributed by atoms with Gasteiger partial charge < -0.3 is 29.7 Å². The number of unbranched alkanes of at least 4 members (excludes halogenated alkanes) is 23. The summed E-state index contributed by atoms with van der Waals surface area (Å²) in [6, 6.07) is 0. The Morgan fingerprint density at radius 2 is 1.04 bits per heavy atom. The van der Waals surface area contributed by atoms with Crippen LogP contribution in [0.3, 0.4) is 0 Å². The highest BCUT2D eigenvalue weighted by Gasteiger charge is 2.27. The van der Waals surface area contributed by atoms with E-state index < -0.39 is 52.1 Å². The van der Waals surface area contributed by atoms with Crippen molar-refractivity contribution in [2.75, 3.05) is 26.4 Å². The van der Waals surface area contributed by atoms with E-state index in [1.165, 1.54) is 116 Å². The Hall–Kier alpha value is -0.840. The topological polar surface area (TPSA) is 152 Å². The molecule has 0 amide bonds. The van der Waals surface area contributed by atoms with Crippen molar-refractivity contribution in [3.63, 3.8) is 0 Å². The van der Waals surface area contributed by atoms with Crippen molar-refractivity contribution in [3.05, 3.63) is 12.2 Å². The van der Waals surface area contributed by atoms with Crippen LogP contribution in [0, 0.1) is 0 Å². The molecule has 0 fully saturated rings. The molecule has 0 bridgehead atoms. The summed E-state index contributed by atoms with van der Waals surface area (Å²) in [6.07, 6.45) is 32.8. The molecule has 4 N–H and O–H groups in total. The fraction of sp³-hybridized carbons (Fsp3) is 0.925. The van der Waals surface area contributed by atoms with Crippen molar-refractivity contribution in [2.45, 2.75) is 212 Å². The predicted molar refractivity (Wildman–Crippen MR) is 206 cm³/mol. The first kappa shape index (κ1) is 50.2. The monoisotopic (exact) mass is 751 g/mol. The highest BCUT2D eigenvalue weighted by molar-refractivity contribution is 7.47. The fourth-order valence-electron chi connectivity index (χ4n) is 5.79. The van der Waals surface area contributed by atoms with Crippen molar-refractivity contribution in [2.24, 2.45) is 0 Å². The van der Waals surface area contributed by atoms with Crippen molar-refractivity contribution in [1.29, 1.82) is 0 Å². The predicted octanol–water partition coefficient (Wildman–Crippen LogP) is 10.2. The van der Waals surface area contributed by atoms with Gasteiger partial charge in [-0.25, -0.2) is 4.57 Å². The summed E-state index contributed by atoms with van der Waals surface area (Å²) in [7, 11) is -4.59. The Labute approximate surface area is 312 Å². The van der Waals surface area contributed by atoms with Gasteiger partial charge in [-0.05, 0) is 44.9 Å². The zero-order valence-electron chi connectivity index (χ0n) is 32.7. The van der Waals surface area contributed by atoms with E-state index in [4.69, 9.17) is 23.6 Å². The summed E-state index contributed by atoms with van der Waals surface area (Å²) in [5.41, 5.74) is 0. The Balaban J connectivity index is 4.30. The lowest BCUT2D eigenvalue weighted by Gasteiger charge is -2.22. The van der Waals surface area contributed by atoms with Crippen LogP contribution in [0.1, 0.15) is 194 Å². The number of carbonyl (C=O) groups excluding carboxylic acids is 1. The molecule has 0 heterocycles. The standard InChI is InChI=1S/C40H79O10P/c1-3-5-7-9-11-13-15-17-18-20-22-24-26-28-30-32-40(44)50-38(36-49-51(45,46)48-34-37(42)33-41)35-47-39(43)31-29-27-25-23-21-19-16-14-12-10-8-6-4-2/h13,15,37-39,41-43H,3-12,14,16-36H2,1-2H3,(H,45,46)/b15-13+/t37-,38+,39?/m0/s1. The first-order valence-corrected chi connectivity index (χ1v) is 22.3. The molecular weight excluding hydrogens is 671 g/mol. The lowest BCUT2D eigenvalue weighted by molar-refractivity contribution is -0.166. The lowest BCUT2D eigenvalue weighted by Crippen LogP contribution is -2.30. The number of phosphoric ester groups is 1. The first-order chi connectivity index (χ1) is 24.7. The second-order valence-corrected chi connectivity index (χ2v) is 15.6. The smallest absolute Gasteiger partial charge is 0.457 e. The summed E-state index contributed by atoms with van der Waals surface area (Å²) < 4.78 is 32.9. The maximum absolute atomic E-state index is 12.6. The van der Waals surface area contributed by atoms with Gasteiger partial charge in [-0.15, -0.1) is 0 Å². The molecule has 0 saturated carbocycles. The van der Waals surface area contributed by atoms with Crippen LogP contribution in [-0.2, 0) is 27.9 Å². The largest absolute Gasteiger partial charge is 0.472 e. The van der Waals surface area contributed by atoms with Crippen molar-refractivity contribution in [3.8, 4) is 0 Å². The molecule has 11 heteroatoms. The number of aliphatic hydroxyl groups is 3. The van der Waals surface area contributed by atoms with Crippen LogP contribution in [0.4, 0.5) is 0 Å². The van der Waals surface area contributed by atoms with Crippen molar-refractivity contribution in [1.82, 2.24) is 0 Å². The minimum absolute atomic E-state index is 0.205. The Morgan fingerprint density at radius 3 is 1.55 bits per heavy atom. The number of ether oxygens (including phenoxy) is 2. The SMILES string of the molecule is CCCCCC/C=C/CCCCCCCCCC(=O)O[C@H](COC(O)CCCCCCCCCCCCCCC)COP(=O)(O)OC[C@@H](O)CO. The molecule has 2 unspecified atom stereocenters. The summed E-state index contributed by atoms with van der Waals surface area (Å²) in [6.45, 7) is 2.54. The zero-order chi connectivity index (χ0) is 37.7. The normalized spacial score (nSPS) is 14.9. The van der Waals surface area contributed by atoms with Crippen LogP contribution in [0.25, 0.3) is 0 Å². The van der Waals surface area contributed by atoms with E-state index in [-0.39, 0.29) is 13.0 Å². The van der Waals surface area contributed by atoms with E-state index in [1.807, 2.05) is 0 Å². The molecule has 0 aliphatic carbocycles. The summed E-state index contributed by atoms with van der Waals surface area (Å²) in [5, 5.41) is 28.7. The molecule has 0 aromatic rings. The third-order valence-electron chi connectivity index (χ3n) is 9.03. The number of rotatable bonds is 40. The molecule has 0 radical (unpaired) electrons. The number of carbonyl (C=O) groups is 1. The van der Waals surface area contributed by atoms with Gasteiger partial charge in [0.15, 0.2) is 6.29 Å². The maximum Gasteiger partial charge on any atom is 0.472 e. The molecule has 51 heavy (non-hydrogen) atoms. The molecule has 4 atom stereocenters. The van der Waals surface area contributed by atoms with Crippen LogP contribution in [0.5, 0.6) is 0 Å². The van der Waals surface area contributed by atoms with Gasteiger partial charge in [-0.3, -0.25) is 13.8 Å². The number of allylic oxidation sites excluding steroid dienone is 2. The summed E-state index contributed by atoms with van der Waals surface area (Å²) in [5.74, 6) is -0.468. The minimum Gasteiger partial charge on any atom is -0.457 e. The molecule has 10 nitrogen and oxygen atoms in total. The van der Waals surface area contributed by atoms with E-state index in [9.17, 15) is 24.5 Å². The van der Waals surface area contributed by atoms with E-state index in [2.05, 4.69) is 26.0 Å². The molecule has 0 rings (SSSR count). The van der Waals surface area contributed by atoms with Crippen LogP contribution in [0.2, 0.25) is 0 Å². The van der Waals surface area contributed by atoms with Gasteiger partial charge in [0.2, 0.25) is 0 Å². The summed E-state index contributed by atoms with van der Waals surface area (Å²) in [4.78, 5) is 22.5. The molecule has 304 valence electrons. The second-order valence-electron chi connectivity index (χ2n) is 14.2. The minimum atomic E-state index is -4.59. The number of hydrogen-bond acceptors (Lipinski definition) is 9. The maximum atomic E-state index is 12.6. The number of esters is 1. The van der Waals surface area contributed by atoms with Crippen LogP contribution in [-0.4, -0.2) is 71.1 Å². The average Bonchev–Trinajstić information content (AvgIpc) is 3.12. The van der Waals surface area contributed by atoms with Gasteiger partial charge in [0, 0.05) is 6.42 Å². The molecular formula is C40H79O10P. The van der Waals surface area contributed by atoms with Gasteiger partial charge in [-0.2, -0.15) is 0 Å². The van der Waals surface area contributed by atoms with Crippen LogP contribution in [0.15, 0.2) is 12.2 Å². The summed E-state index contributed by atoms with van der Waals surface area (Å²) >= 11 is 0. The van der Waals surface area contributed by atoms with Gasteiger partial charge >= 0.3 is 13.8 Å². The van der Waals surface area contributed by atoms with Gasteiger partial charge in [0.05, 0.1) is 26.4 Å². The Kier molecular flexibility index (Phi) is 36.9. The zero-order valence-corrected chi connectivity index (χ0v) is 33.6. The Bertz CT molecular complexity index is 827. The van der Waals surface area contributed by atoms with E-state index in [0.29, 0.717) is 12.8 Å². The molecule has 0 aliphatic heterocycles. The van der Waals surface area contributed by atoms with Crippen LogP contribution >= 0.6 is 7.82 Å². The first-order valence-electron chi connectivity index (χ1n) is 20.8. The molecule has 0 spiro atoms. The van der Waals surface area contributed by atoms with Crippen molar-refractivity contribution < 1.29 is 48.1 Å². The lowest BCUT2D eigenvalue weighted by atomic mass is 10.0. The third-order valence-corrected chi connectivity index (χ3v) is 9.99. The van der Waals surface area contributed by atoms with Crippen molar-refractivity contribution >= 4 is 13.8 Å². The van der Waals surface area contributed by atoms with Gasteiger partial charge in [-0.1, -0.05) is 154 Å². The van der Waals surface area contributed by atoms with E-state index >= 15 is 0 Å². The van der Waals surface area contributed by atoms with Gasteiger partial charge in [0.1, 0.15) is 12.2 Å². The average molecular weight is 751 g/mol. The number of hydrogen-bond donors (Lipinski definition) is 4. The fourth-order valence-corrected chi connectivity index (χ4v) is 6.58. The third kappa shape index (κ3) is 37.3. The highest BCUT2D eigenvalue weighted by Crippen LogP contribution is 2.43. The van der Waals surface area contributed by atoms with Gasteiger partial charge in [0.25, 0.3) is 0 Å². The highest BCUT2D eigenvalue weighted by atomic mass is 31.2. The number of phosphoric acid groups is 1. The quantitative estimate of drug-likeness (QED) is 0.0157. The second kappa shape index (κ2) is 37.5. The molecule has 0 aromatic heterocycles.